The van der Waals surface area contributed by atoms with Crippen LogP contribution in [0.15, 0.2) is 211 Å². The Kier molecular flexibility index (Phi) is 7.36. The number of nitrogens with zero attached hydrogens (tertiary/aromatic N) is 1. The zero-order chi connectivity index (χ0) is 38.3. The monoisotopic (exact) mass is 740 g/mol. The predicted octanol–water partition coefficient (Wildman–Crippen LogP) is 11.9. The summed E-state index contributed by atoms with van der Waals surface area (Å²) in [4.78, 5) is 5.65. The minimum absolute atomic E-state index is 0.150. The van der Waals surface area contributed by atoms with Crippen molar-refractivity contribution in [1.29, 1.82) is 0 Å². The van der Waals surface area contributed by atoms with Crippen molar-refractivity contribution in [3.8, 4) is 22.3 Å². The van der Waals surface area contributed by atoms with Crippen LogP contribution in [0.5, 0.6) is 0 Å². The largest absolute Gasteiger partial charge is 0.310 e. The molecule has 0 radical (unpaired) electrons. The average molecular weight is 741 g/mol. The molecule has 1 atom stereocenters. The number of nitrogens with one attached hydrogen (secondary N) is 1. The van der Waals surface area contributed by atoms with Gasteiger partial charge in [0.1, 0.15) is 0 Å². The van der Waals surface area contributed by atoms with Crippen LogP contribution < -0.4 is 5.32 Å². The normalized spacial score (nSPS) is 19.2. The highest BCUT2D eigenvalue weighted by atomic mass is 14.9. The van der Waals surface area contributed by atoms with Crippen molar-refractivity contribution in [2.24, 2.45) is 4.99 Å². The minimum Gasteiger partial charge on any atom is -0.310 e. The van der Waals surface area contributed by atoms with Gasteiger partial charge in [0.15, 0.2) is 0 Å². The van der Waals surface area contributed by atoms with Gasteiger partial charge in [-0.2, -0.15) is 0 Å². The maximum absolute atomic E-state index is 5.65. The first kappa shape index (κ1) is 33.3. The standard InChI is InChI=1S/C56H40N2/c1-3-18-37(19-4-1)39-34-52(58-53(36-57-35-39)38-20-5-2-6-21-38)43-25-17-33-51-54(43)42-24-9-12-28-46(42)56(51)49-31-15-13-29-47(49)55(48-30-14-16-32-50(48)56)44-26-10-7-22-40(44)41-23-8-11-27-45(41)55/h1-34,39,57H,35-36H2/b52-34-,58-53+. The highest BCUT2D eigenvalue weighted by molar-refractivity contribution is 6.06. The van der Waals surface area contributed by atoms with Gasteiger partial charge in [-0.3, -0.25) is 4.99 Å². The van der Waals surface area contributed by atoms with Crippen molar-refractivity contribution < 1.29 is 0 Å². The zero-order valence-electron chi connectivity index (χ0n) is 32.1. The molecule has 2 nitrogen and oxygen atoms in total. The van der Waals surface area contributed by atoms with Crippen LogP contribution in [0, 0.1) is 0 Å². The van der Waals surface area contributed by atoms with Crippen LogP contribution >= 0.6 is 0 Å². The first-order valence-corrected chi connectivity index (χ1v) is 20.5. The number of rotatable bonds is 3. The Morgan fingerprint density at radius 3 is 1.41 bits per heavy atom. The highest BCUT2D eigenvalue weighted by Gasteiger charge is 2.59. The summed E-state index contributed by atoms with van der Waals surface area (Å²) in [6.45, 7) is 1.51. The number of aliphatic imine (C=N–C) groups is 1. The van der Waals surface area contributed by atoms with E-state index in [1.54, 1.807) is 0 Å². The molecule has 0 aromatic heterocycles. The molecule has 12 rings (SSSR count). The summed E-state index contributed by atoms with van der Waals surface area (Å²) in [5.74, 6) is 0.150. The van der Waals surface area contributed by atoms with Crippen molar-refractivity contribution in [1.82, 2.24) is 5.32 Å². The van der Waals surface area contributed by atoms with Gasteiger partial charge < -0.3 is 5.32 Å². The van der Waals surface area contributed by atoms with Crippen molar-refractivity contribution in [3.63, 3.8) is 0 Å². The van der Waals surface area contributed by atoms with Gasteiger partial charge in [-0.1, -0.05) is 200 Å². The Morgan fingerprint density at radius 1 is 0.397 bits per heavy atom. The fourth-order valence-corrected chi connectivity index (χ4v) is 11.2. The molecule has 8 aromatic carbocycles. The van der Waals surface area contributed by atoms with E-state index in [1.807, 2.05) is 0 Å². The summed E-state index contributed by atoms with van der Waals surface area (Å²) in [6, 6.07) is 74.6. The summed E-state index contributed by atoms with van der Waals surface area (Å²) in [7, 11) is 0. The maximum Gasteiger partial charge on any atom is 0.0720 e. The minimum atomic E-state index is -0.554. The third-order valence-electron chi connectivity index (χ3n) is 13.4. The van der Waals surface area contributed by atoms with Gasteiger partial charge in [-0.25, -0.2) is 0 Å². The molecule has 4 aliphatic rings. The fourth-order valence-electron chi connectivity index (χ4n) is 11.2. The Balaban J connectivity index is 1.17. The van der Waals surface area contributed by atoms with Crippen molar-refractivity contribution in [2.75, 3.05) is 13.1 Å². The second kappa shape index (κ2) is 12.8. The van der Waals surface area contributed by atoms with E-state index >= 15 is 0 Å². The van der Waals surface area contributed by atoms with Crippen LogP contribution in [-0.4, -0.2) is 18.8 Å². The topological polar surface area (TPSA) is 24.4 Å². The Morgan fingerprint density at radius 2 is 0.828 bits per heavy atom. The number of fused-ring (bicyclic) bond motifs is 16. The Hall–Kier alpha value is -6.87. The molecule has 8 aromatic rings. The summed E-state index contributed by atoms with van der Waals surface area (Å²) in [5.41, 5.74) is 20.6. The lowest BCUT2D eigenvalue weighted by molar-refractivity contribution is 0.633. The van der Waals surface area contributed by atoms with Crippen LogP contribution in [0.1, 0.15) is 67.1 Å². The second-order valence-corrected chi connectivity index (χ2v) is 16.1. The van der Waals surface area contributed by atoms with Gasteiger partial charge in [0.05, 0.1) is 22.2 Å². The van der Waals surface area contributed by atoms with E-state index in [0.717, 1.165) is 23.5 Å². The van der Waals surface area contributed by atoms with Gasteiger partial charge in [0.25, 0.3) is 0 Å². The van der Waals surface area contributed by atoms with Crippen LogP contribution in [0.3, 0.4) is 0 Å². The molecule has 58 heavy (non-hydrogen) atoms. The van der Waals surface area contributed by atoms with Crippen LogP contribution in [0.4, 0.5) is 0 Å². The number of hydrogen-bond donors (Lipinski definition) is 1. The average Bonchev–Trinajstić information content (AvgIpc) is 3.75. The van der Waals surface area contributed by atoms with Crippen LogP contribution in [0.25, 0.3) is 28.0 Å². The lowest BCUT2D eigenvalue weighted by atomic mass is 9.52. The molecule has 274 valence electrons. The van der Waals surface area contributed by atoms with Crippen LogP contribution in [-0.2, 0) is 10.8 Å². The number of benzene rings is 8. The van der Waals surface area contributed by atoms with Crippen LogP contribution in [0.2, 0.25) is 0 Å². The van der Waals surface area contributed by atoms with E-state index in [2.05, 4.69) is 212 Å². The van der Waals surface area contributed by atoms with E-state index in [-0.39, 0.29) is 5.92 Å². The van der Waals surface area contributed by atoms with Gasteiger partial charge in [0, 0.05) is 24.6 Å². The van der Waals surface area contributed by atoms with Gasteiger partial charge in [-0.15, -0.1) is 0 Å². The molecular formula is C56H40N2. The third kappa shape index (κ3) is 4.44. The molecule has 2 heteroatoms. The Labute approximate surface area is 339 Å². The summed E-state index contributed by atoms with van der Waals surface area (Å²) >= 11 is 0. The quantitative estimate of drug-likeness (QED) is 0.192. The molecular weight excluding hydrogens is 701 g/mol. The third-order valence-corrected chi connectivity index (χ3v) is 13.4. The first-order valence-electron chi connectivity index (χ1n) is 20.5. The van der Waals surface area contributed by atoms with Gasteiger partial charge in [0.2, 0.25) is 0 Å². The van der Waals surface area contributed by atoms with Gasteiger partial charge in [-0.05, 0) is 84.0 Å². The van der Waals surface area contributed by atoms with E-state index in [1.165, 1.54) is 77.9 Å². The summed E-state index contributed by atoms with van der Waals surface area (Å²) in [5, 5.41) is 3.76. The molecule has 0 fully saturated rings. The maximum atomic E-state index is 5.65. The predicted molar refractivity (Wildman–Crippen MR) is 238 cm³/mol. The van der Waals surface area contributed by atoms with E-state index < -0.39 is 10.8 Å². The Bertz CT molecular complexity index is 2890. The molecule has 1 heterocycles. The second-order valence-electron chi connectivity index (χ2n) is 16.1. The van der Waals surface area contributed by atoms with Crippen molar-refractivity contribution >= 4 is 11.4 Å². The molecule has 2 spiro atoms. The lowest BCUT2D eigenvalue weighted by Crippen LogP contribution is -2.43. The SMILES string of the molecule is C1=C(c2cccc3c2-c2ccccc2C32c3ccccc3C3(c4ccccc4-c4ccccc43)c3ccccc32)\N=C(\c2ccccc2)CNCC/1c1ccccc1. The van der Waals surface area contributed by atoms with E-state index in [0.29, 0.717) is 6.54 Å². The highest BCUT2D eigenvalue weighted by Crippen LogP contribution is 2.67. The van der Waals surface area contributed by atoms with Crippen molar-refractivity contribution in [2.45, 2.75) is 16.7 Å². The first-order chi connectivity index (χ1) is 28.8. The summed E-state index contributed by atoms with van der Waals surface area (Å²) in [6.07, 6.45) is 2.41. The smallest absolute Gasteiger partial charge is 0.0720 e. The van der Waals surface area contributed by atoms with Crippen molar-refractivity contribution in [3.05, 3.63) is 267 Å². The molecule has 1 N–H and O–H groups in total. The molecule has 3 aliphatic carbocycles. The van der Waals surface area contributed by atoms with Gasteiger partial charge >= 0.3 is 0 Å². The molecule has 0 saturated carbocycles. The molecule has 0 amide bonds. The molecule has 0 bridgehead atoms. The zero-order valence-corrected chi connectivity index (χ0v) is 32.1. The molecule has 1 unspecified atom stereocenters. The van der Waals surface area contributed by atoms with E-state index in [9.17, 15) is 0 Å². The lowest BCUT2D eigenvalue weighted by Gasteiger charge is -2.48. The molecule has 1 aliphatic heterocycles. The fraction of sp³-hybridized carbons (Fsp3) is 0.0893. The number of hydrogen-bond acceptors (Lipinski definition) is 2. The van der Waals surface area contributed by atoms with E-state index in [4.69, 9.17) is 4.99 Å². The summed E-state index contributed by atoms with van der Waals surface area (Å²) < 4.78 is 0. The molecule has 0 saturated heterocycles.